The number of nitrogens with one attached hydrogen (secondary N) is 3. The van der Waals surface area contributed by atoms with Gasteiger partial charge in [0.1, 0.15) is 15.6 Å². The Morgan fingerprint density at radius 2 is 1.16 bits per heavy atom. The normalized spacial score (nSPS) is 16.2. The van der Waals surface area contributed by atoms with Crippen LogP contribution in [0.5, 0.6) is 11.8 Å². The third kappa shape index (κ3) is 19.4. The summed E-state index contributed by atoms with van der Waals surface area (Å²) in [6.45, 7) is 33.4. The zero-order valence-corrected chi connectivity index (χ0v) is 51.3. The van der Waals surface area contributed by atoms with Crippen molar-refractivity contribution in [2.75, 3.05) is 31.2 Å². The second kappa shape index (κ2) is 28.3. The van der Waals surface area contributed by atoms with Gasteiger partial charge in [0.15, 0.2) is 11.6 Å². The molecule has 2 aliphatic rings. The van der Waals surface area contributed by atoms with E-state index in [-0.39, 0.29) is 77.8 Å². The van der Waals surface area contributed by atoms with Gasteiger partial charge in [-0.1, -0.05) is 77.7 Å². The van der Waals surface area contributed by atoms with Crippen LogP contribution in [0, 0.1) is 43.4 Å². The van der Waals surface area contributed by atoms with Crippen LogP contribution in [0.1, 0.15) is 156 Å². The summed E-state index contributed by atoms with van der Waals surface area (Å²) in [5, 5.41) is 16.3. The number of aryl methyl sites for hydroxylation is 5. The predicted octanol–water partition coefficient (Wildman–Crippen LogP) is 6.66. The molecule has 2 fully saturated rings. The summed E-state index contributed by atoms with van der Waals surface area (Å²) in [7, 11) is -4.79. The van der Waals surface area contributed by atoms with Gasteiger partial charge in [0, 0.05) is 74.8 Å². The highest BCUT2D eigenvalue weighted by molar-refractivity contribution is 7.90. The molecule has 2 aliphatic heterocycles. The van der Waals surface area contributed by atoms with Crippen molar-refractivity contribution >= 4 is 51.2 Å². The molecule has 0 aliphatic carbocycles. The molecule has 6 aromatic rings. The molecule has 3 N–H and O–H groups in total. The standard InChI is InChI=1S/C27H38N6O4S.C20H26N6O4S.C7H15N.3CH4.FH.H2S/c1-18-13-27(6,7)32(14-18)24-20(25(34)30-38(35,36)21-16-31(8)15-19(21)2)9-10-22(28-24)33-12-11-23(29-33)37-17-26(3,4)5;1-13-15(19(27)24-31(28,29)16-11-25(6)22-14(16)2)7-8-17(21-13)26-10-9-18(23-26)30-12-20(3,4)5;1-6-4-7(2,3)8-5-6;;;;;/h9-12,15-16,18H,13-14,17H2,1-8H3,(H,30,34);7-11H,12H2,1-6H3,(H,24,27);6,8H,4-5H2,1-3H3;3*1H4;1H;1H2/p-1/t18-;;6-;;;;;/m0.0...../s1. The lowest BCUT2D eigenvalue weighted by Crippen LogP contribution is -3.00. The zero-order valence-electron chi connectivity index (χ0n) is 48.7. The Kier molecular flexibility index (Phi) is 25.4. The van der Waals surface area contributed by atoms with Gasteiger partial charge in [-0.3, -0.25) is 14.3 Å². The molecule has 0 saturated carbocycles. The molecular formula is C57H93FN13O8S3-. The number of carbonyl (C=O) groups excluding carboxylic acids is 2. The third-order valence-electron chi connectivity index (χ3n) is 12.6. The Morgan fingerprint density at radius 3 is 1.55 bits per heavy atom. The van der Waals surface area contributed by atoms with Crippen LogP contribution < -0.4 is 33.8 Å². The quantitative estimate of drug-likeness (QED) is 0.109. The first-order valence-corrected chi connectivity index (χ1v) is 28.6. The Bertz CT molecular complexity index is 3320. The molecule has 2 atom stereocenters. The van der Waals surface area contributed by atoms with E-state index in [2.05, 4.69) is 123 Å². The van der Waals surface area contributed by atoms with Crippen LogP contribution in [-0.4, -0.2) is 110 Å². The predicted molar refractivity (Wildman–Crippen MR) is 326 cm³/mol. The van der Waals surface area contributed by atoms with Gasteiger partial charge >= 0.3 is 0 Å². The molecule has 2 amide bonds. The summed E-state index contributed by atoms with van der Waals surface area (Å²) >= 11 is 0. The highest BCUT2D eigenvalue weighted by Gasteiger charge is 2.40. The van der Waals surface area contributed by atoms with Gasteiger partial charge in [-0.15, -0.1) is 10.2 Å². The van der Waals surface area contributed by atoms with Gasteiger partial charge in [-0.05, 0) is 120 Å². The molecule has 25 heteroatoms. The van der Waals surface area contributed by atoms with E-state index in [0.29, 0.717) is 77.4 Å². The van der Waals surface area contributed by atoms with Crippen molar-refractivity contribution in [3.8, 4) is 23.4 Å². The maximum atomic E-state index is 13.4. The molecule has 82 heavy (non-hydrogen) atoms. The second-order valence-electron chi connectivity index (χ2n) is 24.1. The Labute approximate surface area is 494 Å². The number of halogens is 1. The van der Waals surface area contributed by atoms with Crippen molar-refractivity contribution in [1.82, 2.24) is 58.6 Å². The first-order valence-electron chi connectivity index (χ1n) is 25.7. The van der Waals surface area contributed by atoms with E-state index in [1.807, 2.05) is 0 Å². The van der Waals surface area contributed by atoms with E-state index < -0.39 is 31.9 Å². The topological polar surface area (TPSA) is 244 Å². The van der Waals surface area contributed by atoms with E-state index in [4.69, 9.17) is 14.5 Å². The average Bonchev–Trinajstić information content (AvgIpc) is 4.17. The fourth-order valence-corrected chi connectivity index (χ4v) is 11.6. The van der Waals surface area contributed by atoms with Gasteiger partial charge in [0.25, 0.3) is 31.9 Å². The number of nitrogens with zero attached hydrogens (tertiary/aromatic N) is 10. The molecule has 2 saturated heterocycles. The van der Waals surface area contributed by atoms with E-state index in [0.717, 1.165) is 12.3 Å². The molecule has 0 bridgehead atoms. The van der Waals surface area contributed by atoms with Crippen LogP contribution in [0.4, 0.5) is 5.82 Å². The monoisotopic (exact) mass is 1200 g/mol. The summed E-state index contributed by atoms with van der Waals surface area (Å²) in [4.78, 5) is 37.4. The van der Waals surface area contributed by atoms with Crippen LogP contribution in [0.25, 0.3) is 11.6 Å². The zero-order chi connectivity index (χ0) is 57.2. The minimum absolute atomic E-state index is 0. The number of amides is 2. The molecule has 6 aromatic heterocycles. The number of rotatable bonds is 13. The minimum Gasteiger partial charge on any atom is -1.00 e. The molecular weight excluding hydrogens is 1110 g/mol. The van der Waals surface area contributed by atoms with Crippen LogP contribution in [0.15, 0.2) is 77.2 Å². The summed E-state index contributed by atoms with van der Waals surface area (Å²) < 4.78 is 73.2. The molecule has 8 heterocycles. The van der Waals surface area contributed by atoms with E-state index in [1.165, 1.54) is 40.8 Å². The molecule has 8 rings (SSSR count). The molecule has 0 spiro atoms. The van der Waals surface area contributed by atoms with Crippen LogP contribution >= 0.6 is 13.5 Å². The van der Waals surface area contributed by atoms with Crippen molar-refractivity contribution in [2.24, 2.45) is 36.8 Å². The van der Waals surface area contributed by atoms with Crippen molar-refractivity contribution < 1.29 is 40.6 Å². The number of ether oxygens (including phenoxy) is 2. The highest BCUT2D eigenvalue weighted by Crippen LogP contribution is 2.38. The van der Waals surface area contributed by atoms with Crippen LogP contribution in [0.2, 0.25) is 0 Å². The molecule has 0 radical (unpaired) electrons. The van der Waals surface area contributed by atoms with E-state index in [9.17, 15) is 26.4 Å². The minimum atomic E-state index is -4.08. The fraction of sp³-hybridized carbons (Fsp3) is 0.561. The highest BCUT2D eigenvalue weighted by atomic mass is 32.2. The first-order chi connectivity index (χ1) is 35.5. The smallest absolute Gasteiger partial charge is 0.268 e. The summed E-state index contributed by atoms with van der Waals surface area (Å²) in [5.74, 6) is 2.10. The number of pyridine rings is 2. The number of hydrogen-bond donors (Lipinski definition) is 3. The number of aromatic nitrogens is 9. The largest absolute Gasteiger partial charge is 1.00 e. The maximum Gasteiger partial charge on any atom is 0.268 e. The van der Waals surface area contributed by atoms with Crippen molar-refractivity contribution in [1.29, 1.82) is 0 Å². The number of sulfonamides is 2. The first kappa shape index (κ1) is 73.7. The molecule has 21 nitrogen and oxygen atoms in total. The number of anilines is 1. The van der Waals surface area contributed by atoms with E-state index >= 15 is 0 Å². The van der Waals surface area contributed by atoms with Gasteiger partial charge in [0.05, 0.1) is 35.7 Å². The Balaban J connectivity index is 0.000000692. The van der Waals surface area contributed by atoms with Gasteiger partial charge < -0.3 is 29.0 Å². The van der Waals surface area contributed by atoms with Crippen molar-refractivity contribution in [3.63, 3.8) is 0 Å². The van der Waals surface area contributed by atoms with Gasteiger partial charge in [-0.2, -0.15) is 18.6 Å². The van der Waals surface area contributed by atoms with Gasteiger partial charge in [0.2, 0.25) is 11.8 Å². The Morgan fingerprint density at radius 1 is 0.671 bits per heavy atom. The number of carbonyl (C=O) groups is 2. The summed E-state index contributed by atoms with van der Waals surface area (Å²) in [6, 6.07) is 9.86. The lowest BCUT2D eigenvalue weighted by Gasteiger charge is -2.34. The molecule has 460 valence electrons. The number of hydrogen-bond acceptors (Lipinski definition) is 15. The maximum absolute atomic E-state index is 13.4. The molecule has 0 aromatic carbocycles. The summed E-state index contributed by atoms with van der Waals surface area (Å²) in [6.07, 6.45) is 10.2. The lowest BCUT2D eigenvalue weighted by molar-refractivity contribution is -0.0000426. The lowest BCUT2D eigenvalue weighted by atomic mass is 9.97. The average molecular weight is 1200 g/mol. The fourth-order valence-electron chi connectivity index (χ4n) is 9.17. The van der Waals surface area contributed by atoms with Crippen molar-refractivity contribution in [3.05, 3.63) is 95.5 Å². The second-order valence-corrected chi connectivity index (χ2v) is 27.4. The molecule has 0 unspecified atom stereocenters. The third-order valence-corrected chi connectivity index (χ3v) is 15.4. The van der Waals surface area contributed by atoms with Crippen LogP contribution in [0.3, 0.4) is 0 Å². The van der Waals surface area contributed by atoms with Gasteiger partial charge in [-0.25, -0.2) is 45.6 Å². The van der Waals surface area contributed by atoms with Crippen LogP contribution in [-0.2, 0) is 34.1 Å². The van der Waals surface area contributed by atoms with E-state index in [1.54, 1.807) is 93.0 Å². The van der Waals surface area contributed by atoms with Crippen molar-refractivity contribution in [2.45, 2.75) is 160 Å². The summed E-state index contributed by atoms with van der Waals surface area (Å²) in [5.41, 5.74) is 1.67. The SMILES string of the molecule is C.C.C.C[C@@H]1CNC(C)(C)C1.Cc1cn(C)cc1S(=O)(=O)NC(=O)c1ccc(-n2ccc(OCC(C)(C)C)n2)nc1N1C[C@@H](C)CC1(C)C.Cc1nc(-n2ccc(OCC(C)(C)C)n2)ccc1C(=O)NS(=O)(=O)c1cn(C)nc1C.S.[F-]. The Hall–Kier alpha value is -6.31.